The lowest BCUT2D eigenvalue weighted by Gasteiger charge is -2.26. The Kier molecular flexibility index (Phi) is 21.8. The highest BCUT2D eigenvalue weighted by molar-refractivity contribution is 5.39. The van der Waals surface area contributed by atoms with Crippen LogP contribution in [0.3, 0.4) is 0 Å². The standard InChI is InChI=1S/C17H20.C7H16O2.C7H16.C3H8/c1-13-5-9-15(10-6-13)17(3,4)16-11-7-14(2)8-12-16;1-3-7(4-2,5-8)6-9;1-3-5-7-6-4-2;1-3-2/h5-12H,1-4H3;8-9H,3-6H2,1-2H3;3-7H2,1-2H3;3H2,1-2H3. The molecule has 0 heterocycles. The molecule has 0 aromatic heterocycles. The lowest BCUT2D eigenvalue weighted by Crippen LogP contribution is -2.27. The Morgan fingerprint density at radius 1 is 0.556 bits per heavy atom. The molecule has 0 fully saturated rings. The summed E-state index contributed by atoms with van der Waals surface area (Å²) in [6, 6.07) is 17.7. The molecule has 2 heteroatoms. The van der Waals surface area contributed by atoms with E-state index in [4.69, 9.17) is 10.2 Å². The van der Waals surface area contributed by atoms with Gasteiger partial charge < -0.3 is 10.2 Å². The highest BCUT2D eigenvalue weighted by atomic mass is 16.3. The van der Waals surface area contributed by atoms with Gasteiger partial charge in [0.2, 0.25) is 0 Å². The van der Waals surface area contributed by atoms with E-state index in [1.165, 1.54) is 60.8 Å². The third kappa shape index (κ3) is 14.8. The first kappa shape index (κ1) is 36.5. The molecule has 36 heavy (non-hydrogen) atoms. The Bertz CT molecular complexity index is 656. The van der Waals surface area contributed by atoms with Crippen molar-refractivity contribution in [1.29, 1.82) is 0 Å². The second-order valence-electron chi connectivity index (χ2n) is 10.6. The van der Waals surface area contributed by atoms with Crippen molar-refractivity contribution in [3.8, 4) is 0 Å². The van der Waals surface area contributed by atoms with E-state index in [0.29, 0.717) is 0 Å². The molecule has 2 N–H and O–H groups in total. The van der Waals surface area contributed by atoms with Crippen LogP contribution in [-0.4, -0.2) is 23.4 Å². The summed E-state index contributed by atoms with van der Waals surface area (Å²) in [5.74, 6) is 0. The molecule has 208 valence electrons. The van der Waals surface area contributed by atoms with Crippen molar-refractivity contribution in [2.75, 3.05) is 13.2 Å². The van der Waals surface area contributed by atoms with Gasteiger partial charge in [-0.1, -0.05) is 154 Å². The zero-order valence-corrected chi connectivity index (χ0v) is 25.6. The second-order valence-corrected chi connectivity index (χ2v) is 10.6. The molecule has 0 radical (unpaired) electrons. The van der Waals surface area contributed by atoms with Crippen LogP contribution in [0.25, 0.3) is 0 Å². The number of aliphatic hydroxyl groups excluding tert-OH is 2. The Morgan fingerprint density at radius 2 is 0.861 bits per heavy atom. The minimum atomic E-state index is -0.222. The van der Waals surface area contributed by atoms with E-state index in [1.807, 2.05) is 13.8 Å². The van der Waals surface area contributed by atoms with Crippen molar-refractivity contribution in [3.63, 3.8) is 0 Å². The molecule has 0 saturated heterocycles. The van der Waals surface area contributed by atoms with Crippen LogP contribution in [-0.2, 0) is 5.41 Å². The van der Waals surface area contributed by atoms with Crippen LogP contribution in [0.1, 0.15) is 129 Å². The molecule has 2 aromatic rings. The molecule has 0 saturated carbocycles. The van der Waals surface area contributed by atoms with Crippen LogP contribution >= 0.6 is 0 Å². The van der Waals surface area contributed by atoms with Gasteiger partial charge in [0.05, 0.1) is 13.2 Å². The van der Waals surface area contributed by atoms with Gasteiger partial charge in [-0.2, -0.15) is 0 Å². The van der Waals surface area contributed by atoms with E-state index < -0.39 is 0 Å². The summed E-state index contributed by atoms with van der Waals surface area (Å²) in [5, 5.41) is 17.6. The molecule has 0 amide bonds. The van der Waals surface area contributed by atoms with E-state index in [0.717, 1.165) is 12.8 Å². The molecule has 0 unspecified atom stereocenters. The monoisotopic (exact) mass is 500 g/mol. The van der Waals surface area contributed by atoms with E-state index in [-0.39, 0.29) is 24.0 Å². The first-order valence-corrected chi connectivity index (χ1v) is 14.4. The second kappa shape index (κ2) is 21.4. The normalized spacial score (nSPS) is 10.8. The largest absolute Gasteiger partial charge is 0.396 e. The van der Waals surface area contributed by atoms with Crippen molar-refractivity contribution in [2.45, 2.75) is 126 Å². The summed E-state index contributed by atoms with van der Waals surface area (Å²) in [6.45, 7) is 21.7. The molecule has 0 aliphatic carbocycles. The topological polar surface area (TPSA) is 40.5 Å². The van der Waals surface area contributed by atoms with Crippen molar-refractivity contribution in [3.05, 3.63) is 70.8 Å². The highest BCUT2D eigenvalue weighted by Crippen LogP contribution is 2.31. The fourth-order valence-corrected chi connectivity index (χ4v) is 3.53. The number of hydrogen-bond acceptors (Lipinski definition) is 2. The predicted octanol–water partition coefficient (Wildman–Crippen LogP) is 9.80. The molecule has 0 aliphatic rings. The van der Waals surface area contributed by atoms with Crippen molar-refractivity contribution < 1.29 is 10.2 Å². The highest BCUT2D eigenvalue weighted by Gasteiger charge is 2.23. The maximum atomic E-state index is 8.82. The minimum Gasteiger partial charge on any atom is -0.396 e. The van der Waals surface area contributed by atoms with Crippen LogP contribution in [0.15, 0.2) is 48.5 Å². The zero-order chi connectivity index (χ0) is 28.0. The lowest BCUT2D eigenvalue weighted by atomic mass is 9.78. The number of hydrogen-bond donors (Lipinski definition) is 2. The zero-order valence-electron chi connectivity index (χ0n) is 25.6. The number of aliphatic hydroxyl groups is 2. The SMILES string of the molecule is CCC.CCC(CC)(CO)CO.CCCCCCC.Cc1ccc(C(C)(C)c2ccc(C)cc2)cc1. The predicted molar refractivity (Wildman–Crippen MR) is 162 cm³/mol. The van der Waals surface area contributed by atoms with Crippen molar-refractivity contribution in [2.24, 2.45) is 5.41 Å². The summed E-state index contributed by atoms with van der Waals surface area (Å²) in [4.78, 5) is 0. The van der Waals surface area contributed by atoms with Crippen LogP contribution in [0.4, 0.5) is 0 Å². The molecule has 0 aliphatic heterocycles. The smallest absolute Gasteiger partial charge is 0.0509 e. The number of aryl methyl sites for hydroxylation is 2. The van der Waals surface area contributed by atoms with E-state index in [2.05, 4.69) is 104 Å². The molecule has 2 nitrogen and oxygen atoms in total. The Morgan fingerprint density at radius 3 is 1.06 bits per heavy atom. The first-order valence-electron chi connectivity index (χ1n) is 14.4. The van der Waals surface area contributed by atoms with Gasteiger partial charge in [-0.05, 0) is 37.8 Å². The van der Waals surface area contributed by atoms with Gasteiger partial charge in [0.1, 0.15) is 0 Å². The fourth-order valence-electron chi connectivity index (χ4n) is 3.53. The molecule has 2 aromatic carbocycles. The van der Waals surface area contributed by atoms with Gasteiger partial charge in [0.25, 0.3) is 0 Å². The Labute approximate surface area is 225 Å². The average molecular weight is 501 g/mol. The van der Waals surface area contributed by atoms with Crippen LogP contribution in [0.5, 0.6) is 0 Å². The third-order valence-electron chi connectivity index (χ3n) is 6.92. The van der Waals surface area contributed by atoms with E-state index >= 15 is 0 Å². The van der Waals surface area contributed by atoms with Crippen molar-refractivity contribution in [1.82, 2.24) is 0 Å². The van der Waals surface area contributed by atoms with Crippen LogP contribution in [0, 0.1) is 19.3 Å². The summed E-state index contributed by atoms with van der Waals surface area (Å²) < 4.78 is 0. The summed E-state index contributed by atoms with van der Waals surface area (Å²) in [6.07, 6.45) is 9.95. The molecule has 2 rings (SSSR count). The van der Waals surface area contributed by atoms with Crippen LogP contribution in [0.2, 0.25) is 0 Å². The molecular formula is C34H60O2. The molecular weight excluding hydrogens is 440 g/mol. The summed E-state index contributed by atoms with van der Waals surface area (Å²) >= 11 is 0. The Hall–Kier alpha value is -1.64. The number of rotatable bonds is 10. The van der Waals surface area contributed by atoms with Gasteiger partial charge in [-0.3, -0.25) is 0 Å². The van der Waals surface area contributed by atoms with Gasteiger partial charge >= 0.3 is 0 Å². The summed E-state index contributed by atoms with van der Waals surface area (Å²) in [5.41, 5.74) is 5.21. The molecule has 0 spiro atoms. The van der Waals surface area contributed by atoms with Gasteiger partial charge in [-0.15, -0.1) is 0 Å². The Balaban J connectivity index is 0. The maximum absolute atomic E-state index is 8.82. The lowest BCUT2D eigenvalue weighted by molar-refractivity contribution is 0.0480. The van der Waals surface area contributed by atoms with Crippen molar-refractivity contribution >= 4 is 0 Å². The van der Waals surface area contributed by atoms with Gasteiger partial charge in [-0.25, -0.2) is 0 Å². The average Bonchev–Trinajstić information content (AvgIpc) is 2.88. The molecule has 0 bridgehead atoms. The minimum absolute atomic E-state index is 0.0708. The van der Waals surface area contributed by atoms with E-state index in [9.17, 15) is 0 Å². The van der Waals surface area contributed by atoms with E-state index in [1.54, 1.807) is 0 Å². The van der Waals surface area contributed by atoms with Gasteiger partial charge in [0, 0.05) is 10.8 Å². The first-order chi connectivity index (χ1) is 17.1. The van der Waals surface area contributed by atoms with Gasteiger partial charge in [0.15, 0.2) is 0 Å². The molecule has 0 atom stereocenters. The number of benzene rings is 2. The van der Waals surface area contributed by atoms with Crippen LogP contribution < -0.4 is 0 Å². The quantitative estimate of drug-likeness (QED) is 0.319. The number of unbranched alkanes of at least 4 members (excludes halogenated alkanes) is 4. The fraction of sp³-hybridized carbons (Fsp3) is 0.647. The summed E-state index contributed by atoms with van der Waals surface area (Å²) in [7, 11) is 0. The maximum Gasteiger partial charge on any atom is 0.0509 e. The third-order valence-corrected chi connectivity index (χ3v) is 6.92.